The molecule has 0 aliphatic rings. The highest BCUT2D eigenvalue weighted by Crippen LogP contribution is 2.43. The zero-order valence-corrected chi connectivity index (χ0v) is 25.9. The van der Waals surface area contributed by atoms with E-state index in [2.05, 4.69) is 24.3 Å². The summed E-state index contributed by atoms with van der Waals surface area (Å²) in [5.74, 6) is 0. The van der Waals surface area contributed by atoms with E-state index in [1.165, 1.54) is 4.90 Å². The zero-order valence-electron chi connectivity index (χ0n) is 25.9. The summed E-state index contributed by atoms with van der Waals surface area (Å²) in [5.41, 5.74) is 8.25. The Morgan fingerprint density at radius 3 is 1.00 bits per heavy atom. The molecule has 0 atom stereocenters. The van der Waals surface area contributed by atoms with Crippen molar-refractivity contribution in [3.05, 3.63) is 136 Å². The Balaban J connectivity index is 1.69. The number of rotatable bonds is 5. The van der Waals surface area contributed by atoms with Crippen molar-refractivity contribution < 1.29 is 26.3 Å². The van der Waals surface area contributed by atoms with Crippen molar-refractivity contribution in [1.29, 1.82) is 0 Å². The van der Waals surface area contributed by atoms with Crippen LogP contribution >= 0.6 is 0 Å². The number of halogens is 6. The van der Waals surface area contributed by atoms with Crippen LogP contribution in [0.1, 0.15) is 44.5 Å². The first kappa shape index (κ1) is 31.9. The van der Waals surface area contributed by atoms with E-state index in [0.717, 1.165) is 67.8 Å². The van der Waals surface area contributed by atoms with E-state index in [1.807, 2.05) is 65.8 Å². The van der Waals surface area contributed by atoms with Crippen LogP contribution in [-0.4, -0.2) is 0 Å². The molecule has 0 bridgehead atoms. The summed E-state index contributed by atoms with van der Waals surface area (Å²) < 4.78 is 83.4. The van der Waals surface area contributed by atoms with E-state index < -0.39 is 23.5 Å². The average molecular weight is 618 g/mol. The van der Waals surface area contributed by atoms with Crippen molar-refractivity contribution >= 4 is 17.1 Å². The van der Waals surface area contributed by atoms with Gasteiger partial charge in [-0.2, -0.15) is 26.3 Å². The third-order valence-electron chi connectivity index (χ3n) is 8.01. The van der Waals surface area contributed by atoms with Crippen molar-refractivity contribution in [3.8, 4) is 22.3 Å². The quantitative estimate of drug-likeness (QED) is 0.177. The molecule has 1 nitrogen and oxygen atoms in total. The van der Waals surface area contributed by atoms with Crippen molar-refractivity contribution in [3.63, 3.8) is 0 Å². The van der Waals surface area contributed by atoms with Gasteiger partial charge in [-0.1, -0.05) is 59.7 Å². The number of nitrogens with zero attached hydrogens (tertiary/aromatic N) is 1. The van der Waals surface area contributed by atoms with Gasteiger partial charge in [-0.05, 0) is 129 Å². The minimum absolute atomic E-state index is 0.153. The fourth-order valence-electron chi connectivity index (χ4n) is 6.34. The van der Waals surface area contributed by atoms with Crippen molar-refractivity contribution in [2.45, 2.75) is 53.9 Å². The molecule has 5 aromatic rings. The maximum atomic E-state index is 13.9. The molecular formula is C38H33F6N. The van der Waals surface area contributed by atoms with Crippen LogP contribution in [0, 0.1) is 41.5 Å². The molecule has 0 radical (unpaired) electrons. The first-order chi connectivity index (χ1) is 21.0. The largest absolute Gasteiger partial charge is 0.416 e. The lowest BCUT2D eigenvalue weighted by atomic mass is 9.93. The molecule has 0 saturated carbocycles. The molecule has 5 aromatic carbocycles. The van der Waals surface area contributed by atoms with Crippen LogP contribution in [0.25, 0.3) is 22.3 Å². The van der Waals surface area contributed by atoms with Crippen LogP contribution in [0.15, 0.2) is 91.0 Å². The second-order valence-corrected chi connectivity index (χ2v) is 11.7. The van der Waals surface area contributed by atoms with E-state index in [0.29, 0.717) is 11.4 Å². The van der Waals surface area contributed by atoms with Gasteiger partial charge in [0.05, 0.1) is 11.1 Å². The smallest absolute Gasteiger partial charge is 0.310 e. The molecule has 0 fully saturated rings. The zero-order chi connectivity index (χ0) is 32.8. The normalized spacial score (nSPS) is 12.0. The lowest BCUT2D eigenvalue weighted by Gasteiger charge is -2.28. The fourth-order valence-corrected chi connectivity index (χ4v) is 6.34. The standard InChI is InChI=1S/C38H33F6N/c1-22-15-24(3)35(25(4)16-22)28-7-11-32(12-8-28)45(34-20-30(37(39,40)41)19-31(21-34)38(42,43)44)33-13-9-29(10-14-33)36-26(5)17-23(2)18-27(36)6/h7-21H,1-6H3. The van der Waals surface area contributed by atoms with Gasteiger partial charge in [0, 0.05) is 17.1 Å². The second-order valence-electron chi connectivity index (χ2n) is 11.7. The molecule has 0 heterocycles. The Hall–Kier alpha value is -4.52. The van der Waals surface area contributed by atoms with Gasteiger partial charge in [0.15, 0.2) is 0 Å². The van der Waals surface area contributed by atoms with Gasteiger partial charge >= 0.3 is 12.4 Å². The van der Waals surface area contributed by atoms with E-state index in [4.69, 9.17) is 0 Å². The first-order valence-corrected chi connectivity index (χ1v) is 14.5. The number of anilines is 3. The Morgan fingerprint density at radius 2 is 0.711 bits per heavy atom. The van der Waals surface area contributed by atoms with Gasteiger partial charge < -0.3 is 4.90 Å². The fraction of sp³-hybridized carbons (Fsp3) is 0.211. The van der Waals surface area contributed by atoms with Crippen LogP contribution < -0.4 is 4.90 Å². The second kappa shape index (κ2) is 11.8. The number of hydrogen-bond donors (Lipinski definition) is 0. The number of alkyl halides is 6. The topological polar surface area (TPSA) is 3.24 Å². The van der Waals surface area contributed by atoms with Gasteiger partial charge in [-0.3, -0.25) is 0 Å². The number of benzene rings is 5. The van der Waals surface area contributed by atoms with Gasteiger partial charge in [0.1, 0.15) is 0 Å². The van der Waals surface area contributed by atoms with Crippen molar-refractivity contribution in [2.75, 3.05) is 4.90 Å². The third kappa shape index (κ3) is 6.63. The Morgan fingerprint density at radius 1 is 0.400 bits per heavy atom. The van der Waals surface area contributed by atoms with E-state index in [-0.39, 0.29) is 11.8 Å². The van der Waals surface area contributed by atoms with Crippen LogP contribution in [-0.2, 0) is 12.4 Å². The van der Waals surface area contributed by atoms with Crippen molar-refractivity contribution in [1.82, 2.24) is 0 Å². The van der Waals surface area contributed by atoms with E-state index >= 15 is 0 Å². The predicted molar refractivity (Wildman–Crippen MR) is 170 cm³/mol. The summed E-state index contributed by atoms with van der Waals surface area (Å²) in [6.07, 6.45) is -9.95. The molecule has 7 heteroatoms. The minimum Gasteiger partial charge on any atom is -0.310 e. The summed E-state index contributed by atoms with van der Waals surface area (Å²) in [6, 6.07) is 24.3. The molecule has 0 saturated heterocycles. The van der Waals surface area contributed by atoms with Gasteiger partial charge in [-0.25, -0.2) is 0 Å². The van der Waals surface area contributed by atoms with Gasteiger partial charge in [0.25, 0.3) is 0 Å². The maximum absolute atomic E-state index is 13.9. The maximum Gasteiger partial charge on any atom is 0.416 e. The third-order valence-corrected chi connectivity index (χ3v) is 8.01. The SMILES string of the molecule is Cc1cc(C)c(-c2ccc(N(c3ccc(-c4c(C)cc(C)cc4C)cc3)c3cc(C(F)(F)F)cc(C(F)(F)F)c3)cc2)c(C)c1. The van der Waals surface area contributed by atoms with E-state index in [9.17, 15) is 26.3 Å². The summed E-state index contributed by atoms with van der Waals surface area (Å²) in [7, 11) is 0. The molecule has 0 unspecified atom stereocenters. The van der Waals surface area contributed by atoms with Crippen LogP contribution in [0.5, 0.6) is 0 Å². The highest BCUT2D eigenvalue weighted by atomic mass is 19.4. The Labute approximate surface area is 259 Å². The number of hydrogen-bond acceptors (Lipinski definition) is 1. The molecule has 0 aliphatic carbocycles. The summed E-state index contributed by atoms with van der Waals surface area (Å²) in [6.45, 7) is 12.1. The Bertz CT molecular complexity index is 1680. The summed E-state index contributed by atoms with van der Waals surface area (Å²) in [4.78, 5) is 1.43. The monoisotopic (exact) mass is 617 g/mol. The van der Waals surface area contributed by atoms with Gasteiger partial charge in [0.2, 0.25) is 0 Å². The molecule has 0 N–H and O–H groups in total. The average Bonchev–Trinajstić information content (AvgIpc) is 2.93. The predicted octanol–water partition coefficient (Wildman–Crippen LogP) is 12.4. The highest BCUT2D eigenvalue weighted by molar-refractivity contribution is 5.82. The van der Waals surface area contributed by atoms with Crippen molar-refractivity contribution in [2.24, 2.45) is 0 Å². The lowest BCUT2D eigenvalue weighted by Crippen LogP contribution is -2.15. The molecular weight excluding hydrogens is 584 g/mol. The molecule has 0 amide bonds. The summed E-state index contributed by atoms with van der Waals surface area (Å²) in [5, 5.41) is 0. The molecule has 0 spiro atoms. The molecule has 45 heavy (non-hydrogen) atoms. The molecule has 5 rings (SSSR count). The van der Waals surface area contributed by atoms with Crippen LogP contribution in [0.4, 0.5) is 43.4 Å². The molecule has 232 valence electrons. The first-order valence-electron chi connectivity index (χ1n) is 14.5. The van der Waals surface area contributed by atoms with Gasteiger partial charge in [-0.15, -0.1) is 0 Å². The van der Waals surface area contributed by atoms with Crippen LogP contribution in [0.3, 0.4) is 0 Å². The minimum atomic E-state index is -4.98. The Kier molecular flexibility index (Phi) is 8.34. The highest BCUT2D eigenvalue weighted by Gasteiger charge is 2.37. The lowest BCUT2D eigenvalue weighted by molar-refractivity contribution is -0.143. The molecule has 0 aromatic heterocycles. The molecule has 0 aliphatic heterocycles. The van der Waals surface area contributed by atoms with Crippen LogP contribution in [0.2, 0.25) is 0 Å². The summed E-state index contributed by atoms with van der Waals surface area (Å²) >= 11 is 0. The number of aryl methyl sites for hydroxylation is 6. The van der Waals surface area contributed by atoms with E-state index in [1.54, 1.807) is 24.3 Å².